The zero-order chi connectivity index (χ0) is 20.8. The van der Waals surface area contributed by atoms with Crippen LogP contribution in [0.5, 0.6) is 0 Å². The highest BCUT2D eigenvalue weighted by atomic mass is 79.9. The Labute approximate surface area is 181 Å². The highest BCUT2D eigenvalue weighted by Gasteiger charge is 2.38. The first-order chi connectivity index (χ1) is 11.8. The van der Waals surface area contributed by atoms with E-state index in [0.29, 0.717) is 5.95 Å². The number of halogens is 1. The number of nitrogens with zero attached hydrogens (tertiary/aromatic N) is 2. The van der Waals surface area contributed by atoms with Crippen molar-refractivity contribution >= 4 is 136 Å². The average molecular weight is 375 g/mol. The van der Waals surface area contributed by atoms with Gasteiger partial charge in [0.1, 0.15) is 0 Å². The first-order valence-electron chi connectivity index (χ1n) is 7.87. The van der Waals surface area contributed by atoms with E-state index in [9.17, 15) is 0 Å². The van der Waals surface area contributed by atoms with Crippen LogP contribution in [0.4, 0.5) is 5.95 Å². The van der Waals surface area contributed by atoms with E-state index in [1.165, 1.54) is 0 Å². The van der Waals surface area contributed by atoms with Crippen LogP contribution in [0.1, 0.15) is 11.4 Å². The zero-order valence-electron chi connectivity index (χ0n) is 15.1. The van der Waals surface area contributed by atoms with Gasteiger partial charge in [0, 0.05) is 114 Å². The summed E-state index contributed by atoms with van der Waals surface area (Å²) < 4.78 is 0.932. The Kier molecular flexibility index (Phi) is 12.3. The van der Waals surface area contributed by atoms with E-state index in [4.69, 9.17) is 75.4 Å². The smallest absolute Gasteiger partial charge is 0.220 e. The zero-order valence-corrected chi connectivity index (χ0v) is 16.7. The third kappa shape index (κ3) is 8.19. The minimum absolute atomic E-state index is 0.332. The van der Waals surface area contributed by atoms with Crippen LogP contribution >= 0.6 is 15.9 Å². The molecule has 0 spiro atoms. The molecule has 0 aliphatic carbocycles. The summed E-state index contributed by atoms with van der Waals surface area (Å²) in [5, 5.41) is 0. The highest BCUT2D eigenvalue weighted by molar-refractivity contribution is 9.10. The van der Waals surface area contributed by atoms with E-state index in [1.807, 2.05) is 13.8 Å². The van der Waals surface area contributed by atoms with Gasteiger partial charge in [-0.25, -0.2) is 9.97 Å². The lowest BCUT2D eigenvalue weighted by atomic mass is 8.44. The number of rotatable bonds is 6. The van der Waals surface area contributed by atoms with Gasteiger partial charge in [-0.3, -0.25) is 0 Å². The first kappa shape index (κ1) is 26.4. The number of hydrogen-bond acceptors (Lipinski definition) is 3. The van der Waals surface area contributed by atoms with Crippen molar-refractivity contribution in [3.05, 3.63) is 15.9 Å². The number of anilines is 1. The molecular weight excluding hydrogens is 367 g/mol. The summed E-state index contributed by atoms with van der Waals surface area (Å²) in [6.07, 6.45) is -5.02. The molecule has 0 aromatic carbocycles. The van der Waals surface area contributed by atoms with Crippen LogP contribution in [0.3, 0.4) is 0 Å². The largest absolute Gasteiger partial charge is 0.368 e. The van der Waals surface area contributed by atoms with Crippen LogP contribution in [-0.4, -0.2) is 124 Å². The molecule has 0 amide bonds. The van der Waals surface area contributed by atoms with Crippen LogP contribution in [0.25, 0.3) is 0 Å². The van der Waals surface area contributed by atoms with Gasteiger partial charge in [0.25, 0.3) is 0 Å². The second-order valence-corrected chi connectivity index (χ2v) is 6.90. The van der Waals surface area contributed by atoms with E-state index in [0.717, 1.165) is 15.9 Å². The summed E-state index contributed by atoms with van der Waals surface area (Å²) >= 11 is 3.33. The van der Waals surface area contributed by atoms with Gasteiger partial charge in [-0.2, -0.15) is 0 Å². The monoisotopic (exact) mass is 377 g/mol. The molecule has 0 aliphatic rings. The van der Waals surface area contributed by atoms with Gasteiger partial charge >= 0.3 is 0 Å². The van der Waals surface area contributed by atoms with Crippen LogP contribution in [-0.2, 0) is 0 Å². The number of aromatic nitrogens is 2. The molecule has 1 aromatic rings. The van der Waals surface area contributed by atoms with Gasteiger partial charge in [0.15, 0.2) is 0 Å². The lowest BCUT2D eigenvalue weighted by Crippen LogP contribution is -2.75. The van der Waals surface area contributed by atoms with Crippen molar-refractivity contribution in [1.82, 2.24) is 9.97 Å². The van der Waals surface area contributed by atoms with Gasteiger partial charge < -0.3 is 5.73 Å². The van der Waals surface area contributed by atoms with E-state index < -0.39 is 44.7 Å². The molecule has 0 saturated heterocycles. The molecule has 20 heteroatoms. The molecule has 1 rings (SSSR count). The minimum atomic E-state index is -0.807. The number of hydrogen-bond donors (Lipinski definition) is 1. The molecule has 0 bridgehead atoms. The summed E-state index contributed by atoms with van der Waals surface area (Å²) in [5.41, 5.74) is 7.14. The Morgan fingerprint density at radius 3 is 1.31 bits per heavy atom. The van der Waals surface area contributed by atoms with Crippen LogP contribution in [0.15, 0.2) is 4.47 Å². The molecule has 18 radical (unpaired) electrons. The van der Waals surface area contributed by atoms with E-state index in [-0.39, 0.29) is 0 Å². The molecule has 0 aliphatic heterocycles. The maximum atomic E-state index is 5.81. The van der Waals surface area contributed by atoms with Gasteiger partial charge in [-0.05, 0) is 29.8 Å². The van der Waals surface area contributed by atoms with E-state index in [2.05, 4.69) is 25.9 Å². The fourth-order valence-electron chi connectivity index (χ4n) is 2.52. The molecule has 0 atom stereocenters. The van der Waals surface area contributed by atoms with Crippen LogP contribution in [0.2, 0.25) is 0 Å². The molecular formula is C6H8B16BrN3. The fourth-order valence-corrected chi connectivity index (χ4v) is 2.70. The molecule has 3 nitrogen and oxygen atoms in total. The first-order valence-corrected chi connectivity index (χ1v) is 8.67. The Hall–Kier alpha value is 0.399. The van der Waals surface area contributed by atoms with Crippen molar-refractivity contribution in [2.45, 2.75) is 13.8 Å². The van der Waals surface area contributed by atoms with Crippen molar-refractivity contribution in [3.8, 4) is 0 Å². The van der Waals surface area contributed by atoms with Gasteiger partial charge in [0.05, 0.1) is 15.9 Å². The second kappa shape index (κ2) is 12.1. The van der Waals surface area contributed by atoms with E-state index >= 15 is 0 Å². The molecule has 1 heterocycles. The Bertz CT molecular complexity index is 526. The SMILES string of the molecule is Cc1nc(N)nc(C)c1Br.[B]B([B])B([B])B(B([B])[B])B(B([B])[B])B([B])[B]. The maximum Gasteiger partial charge on any atom is 0.220 e. The van der Waals surface area contributed by atoms with Crippen molar-refractivity contribution in [2.24, 2.45) is 0 Å². The van der Waals surface area contributed by atoms with Crippen LogP contribution in [0, 0.1) is 13.8 Å². The standard InChI is InChI=1S/C6H8BrN3.B16/c1-3-5(7)4(2)10-6(8)9-3;1-10(2)14(9)16(13(7)8)15(11(3)4)12(5)6/h1-2H3,(H2,8,9,10);. The highest BCUT2D eigenvalue weighted by Crippen LogP contribution is 2.17. The lowest BCUT2D eigenvalue weighted by molar-refractivity contribution is 1.05. The summed E-state index contributed by atoms with van der Waals surface area (Å²) in [7, 11) is 50.4. The molecule has 102 valence electrons. The Morgan fingerprint density at radius 1 is 0.692 bits per heavy atom. The lowest BCUT2D eigenvalue weighted by Gasteiger charge is -2.37. The molecule has 2 N–H and O–H groups in total. The second-order valence-electron chi connectivity index (χ2n) is 6.11. The quantitative estimate of drug-likeness (QED) is 0.509. The number of nitrogens with two attached hydrogens (primary N) is 1. The van der Waals surface area contributed by atoms with Crippen molar-refractivity contribution in [3.63, 3.8) is 0 Å². The third-order valence-corrected chi connectivity index (χ3v) is 5.01. The summed E-state index contributed by atoms with van der Waals surface area (Å²) in [5.74, 6) is 0.332. The number of nitrogen functional groups attached to an aromatic ring is 1. The molecule has 0 saturated carbocycles. The Balaban J connectivity index is 0.000000531. The normalized spacial score (nSPS) is 9.35. The minimum Gasteiger partial charge on any atom is -0.368 e. The molecule has 26 heavy (non-hydrogen) atoms. The summed E-state index contributed by atoms with van der Waals surface area (Å²) in [6, 6.07) is 0. The van der Waals surface area contributed by atoms with E-state index in [1.54, 1.807) is 0 Å². The van der Waals surface area contributed by atoms with Gasteiger partial charge in [-0.15, -0.1) is 0 Å². The molecule has 0 unspecified atom stereocenters. The fraction of sp³-hybridized carbons (Fsp3) is 0.333. The predicted molar refractivity (Wildman–Crippen MR) is 136 cm³/mol. The third-order valence-electron chi connectivity index (χ3n) is 3.87. The summed E-state index contributed by atoms with van der Waals surface area (Å²) in [6.45, 7) is 3.77. The Morgan fingerprint density at radius 2 is 1.04 bits per heavy atom. The average Bonchev–Trinajstić information content (AvgIpc) is 2.48. The summed E-state index contributed by atoms with van der Waals surface area (Å²) in [4.78, 5) is 7.91. The molecule has 0 fully saturated rings. The predicted octanol–water partition coefficient (Wildman–Crippen LogP) is -4.65. The molecule has 1 aromatic heterocycles. The number of aryl methyl sites for hydroxylation is 2. The van der Waals surface area contributed by atoms with Crippen molar-refractivity contribution in [1.29, 1.82) is 0 Å². The van der Waals surface area contributed by atoms with Crippen molar-refractivity contribution < 1.29 is 0 Å². The van der Waals surface area contributed by atoms with Gasteiger partial charge in [0.2, 0.25) is 5.95 Å². The topological polar surface area (TPSA) is 51.8 Å². The van der Waals surface area contributed by atoms with Crippen molar-refractivity contribution in [2.75, 3.05) is 5.73 Å². The van der Waals surface area contributed by atoms with Gasteiger partial charge in [-0.1, -0.05) is 0 Å². The van der Waals surface area contributed by atoms with Crippen LogP contribution < -0.4 is 5.73 Å². The maximum absolute atomic E-state index is 5.81.